The van der Waals surface area contributed by atoms with Crippen molar-refractivity contribution in [1.29, 1.82) is 0 Å². The molecule has 0 aromatic heterocycles. The van der Waals surface area contributed by atoms with E-state index in [9.17, 15) is 4.79 Å². The molecule has 3 heteroatoms. The predicted molar refractivity (Wildman–Crippen MR) is 51.3 cm³/mol. The van der Waals surface area contributed by atoms with Gasteiger partial charge in [0.15, 0.2) is 0 Å². The molecule has 0 spiro atoms. The fraction of sp³-hybridized carbons (Fsp3) is 0.889. The van der Waals surface area contributed by atoms with E-state index in [0.717, 1.165) is 38.8 Å². The van der Waals surface area contributed by atoms with Gasteiger partial charge in [-0.15, -0.1) is 0 Å². The molecule has 0 aromatic rings. The van der Waals surface area contributed by atoms with Gasteiger partial charge in [-0.25, -0.2) is 0 Å². The van der Waals surface area contributed by atoms with Gasteiger partial charge in [-0.1, -0.05) is 0 Å². The SMILES string of the molecule is O=C(C1CC1)N1CCC[C@H](S)C1. The first-order chi connectivity index (χ1) is 5.77. The number of carbonyl (C=O) groups excluding carboxylic acids is 1. The van der Waals surface area contributed by atoms with E-state index in [1.807, 2.05) is 4.90 Å². The van der Waals surface area contributed by atoms with E-state index in [0.29, 0.717) is 17.1 Å². The zero-order valence-electron chi connectivity index (χ0n) is 7.20. The average Bonchev–Trinajstić information content (AvgIpc) is 2.85. The summed E-state index contributed by atoms with van der Waals surface area (Å²) in [6.07, 6.45) is 4.53. The van der Waals surface area contributed by atoms with Crippen LogP contribution >= 0.6 is 12.6 Å². The third-order valence-electron chi connectivity index (χ3n) is 2.63. The van der Waals surface area contributed by atoms with Crippen molar-refractivity contribution in [2.45, 2.75) is 30.9 Å². The topological polar surface area (TPSA) is 20.3 Å². The first kappa shape index (κ1) is 8.42. The number of piperidine rings is 1. The summed E-state index contributed by atoms with van der Waals surface area (Å²) in [5, 5.41) is 0.418. The molecule has 0 radical (unpaired) electrons. The number of rotatable bonds is 1. The summed E-state index contributed by atoms with van der Waals surface area (Å²) in [6, 6.07) is 0. The van der Waals surface area contributed by atoms with Crippen molar-refractivity contribution in [2.75, 3.05) is 13.1 Å². The van der Waals surface area contributed by atoms with Crippen molar-refractivity contribution in [1.82, 2.24) is 4.90 Å². The lowest BCUT2D eigenvalue weighted by Gasteiger charge is -2.30. The Morgan fingerprint density at radius 1 is 1.33 bits per heavy atom. The molecule has 12 heavy (non-hydrogen) atoms. The molecule has 1 aliphatic carbocycles. The quantitative estimate of drug-likeness (QED) is 0.611. The molecule has 1 amide bonds. The van der Waals surface area contributed by atoms with Gasteiger partial charge in [-0.3, -0.25) is 4.79 Å². The number of thiol groups is 1. The Hall–Kier alpha value is -0.180. The molecule has 0 unspecified atom stereocenters. The van der Waals surface area contributed by atoms with E-state index in [2.05, 4.69) is 12.6 Å². The molecule has 1 saturated carbocycles. The highest BCUT2D eigenvalue weighted by Gasteiger charge is 2.34. The van der Waals surface area contributed by atoms with Gasteiger partial charge >= 0.3 is 0 Å². The molecule has 0 aromatic carbocycles. The molecule has 0 N–H and O–H groups in total. The Bertz CT molecular complexity index is 191. The maximum absolute atomic E-state index is 11.6. The van der Waals surface area contributed by atoms with Crippen molar-refractivity contribution in [3.63, 3.8) is 0 Å². The van der Waals surface area contributed by atoms with Crippen molar-refractivity contribution >= 4 is 18.5 Å². The Kier molecular flexibility index (Phi) is 2.31. The highest BCUT2D eigenvalue weighted by atomic mass is 32.1. The van der Waals surface area contributed by atoms with Gasteiger partial charge in [0.2, 0.25) is 5.91 Å². The summed E-state index contributed by atoms with van der Waals surface area (Å²) in [5.41, 5.74) is 0. The monoisotopic (exact) mass is 185 g/mol. The Morgan fingerprint density at radius 3 is 2.67 bits per heavy atom. The minimum Gasteiger partial charge on any atom is -0.341 e. The van der Waals surface area contributed by atoms with Crippen LogP contribution in [0.15, 0.2) is 0 Å². The van der Waals surface area contributed by atoms with Gasteiger partial charge < -0.3 is 4.90 Å². The van der Waals surface area contributed by atoms with E-state index in [-0.39, 0.29) is 0 Å². The fourth-order valence-electron chi connectivity index (χ4n) is 1.74. The van der Waals surface area contributed by atoms with Crippen LogP contribution in [0.1, 0.15) is 25.7 Å². The largest absolute Gasteiger partial charge is 0.341 e. The van der Waals surface area contributed by atoms with Crippen LogP contribution in [-0.2, 0) is 4.79 Å². The molecule has 1 saturated heterocycles. The molecular formula is C9H15NOS. The molecule has 0 bridgehead atoms. The van der Waals surface area contributed by atoms with Crippen molar-refractivity contribution in [3.8, 4) is 0 Å². The predicted octanol–water partition coefficient (Wildman–Crippen LogP) is 1.32. The van der Waals surface area contributed by atoms with Crippen LogP contribution < -0.4 is 0 Å². The van der Waals surface area contributed by atoms with E-state index in [1.165, 1.54) is 0 Å². The summed E-state index contributed by atoms with van der Waals surface area (Å²) in [4.78, 5) is 13.6. The van der Waals surface area contributed by atoms with E-state index < -0.39 is 0 Å². The standard InChI is InChI=1S/C9H15NOS/c11-9(7-3-4-7)10-5-1-2-8(12)6-10/h7-8,12H,1-6H2/t8-/m0/s1. The first-order valence-corrected chi connectivity index (χ1v) is 5.26. The Labute approximate surface area is 78.7 Å². The number of likely N-dealkylation sites (tertiary alicyclic amines) is 1. The van der Waals surface area contributed by atoms with Gasteiger partial charge in [-0.05, 0) is 25.7 Å². The van der Waals surface area contributed by atoms with Crippen LogP contribution in [0.25, 0.3) is 0 Å². The second-order valence-electron chi connectivity index (χ2n) is 3.85. The lowest BCUT2D eigenvalue weighted by atomic mass is 10.1. The molecule has 2 fully saturated rings. The second kappa shape index (κ2) is 3.29. The Morgan fingerprint density at radius 2 is 2.08 bits per heavy atom. The molecule has 1 aliphatic heterocycles. The average molecular weight is 185 g/mol. The molecular weight excluding hydrogens is 170 g/mol. The second-order valence-corrected chi connectivity index (χ2v) is 4.58. The highest BCUT2D eigenvalue weighted by Crippen LogP contribution is 2.32. The van der Waals surface area contributed by atoms with Crippen LogP contribution in [0.4, 0.5) is 0 Å². The van der Waals surface area contributed by atoms with Gasteiger partial charge in [0.05, 0.1) is 0 Å². The number of carbonyl (C=O) groups is 1. The van der Waals surface area contributed by atoms with Crippen molar-refractivity contribution in [3.05, 3.63) is 0 Å². The van der Waals surface area contributed by atoms with E-state index in [1.54, 1.807) is 0 Å². The molecule has 1 atom stereocenters. The first-order valence-electron chi connectivity index (χ1n) is 4.74. The maximum atomic E-state index is 11.6. The zero-order chi connectivity index (χ0) is 8.55. The fourth-order valence-corrected chi connectivity index (χ4v) is 2.12. The minimum absolute atomic E-state index is 0.378. The smallest absolute Gasteiger partial charge is 0.225 e. The van der Waals surface area contributed by atoms with Crippen molar-refractivity contribution < 1.29 is 4.79 Å². The van der Waals surface area contributed by atoms with Crippen LogP contribution in [-0.4, -0.2) is 29.1 Å². The van der Waals surface area contributed by atoms with Crippen LogP contribution in [0, 0.1) is 5.92 Å². The Balaban J connectivity index is 1.89. The molecule has 2 rings (SSSR count). The number of amides is 1. The van der Waals surface area contributed by atoms with Crippen molar-refractivity contribution in [2.24, 2.45) is 5.92 Å². The van der Waals surface area contributed by atoms with Gasteiger partial charge in [-0.2, -0.15) is 12.6 Å². The number of nitrogens with zero attached hydrogens (tertiary/aromatic N) is 1. The summed E-state index contributed by atoms with van der Waals surface area (Å²) < 4.78 is 0. The maximum Gasteiger partial charge on any atom is 0.225 e. The van der Waals surface area contributed by atoms with E-state index >= 15 is 0 Å². The summed E-state index contributed by atoms with van der Waals surface area (Å²) >= 11 is 4.41. The van der Waals surface area contributed by atoms with E-state index in [4.69, 9.17) is 0 Å². The number of hydrogen-bond donors (Lipinski definition) is 1. The van der Waals surface area contributed by atoms with Crippen LogP contribution in [0.5, 0.6) is 0 Å². The van der Waals surface area contributed by atoms with Gasteiger partial charge in [0.1, 0.15) is 0 Å². The summed E-state index contributed by atoms with van der Waals surface area (Å²) in [7, 11) is 0. The van der Waals surface area contributed by atoms with Crippen LogP contribution in [0.3, 0.4) is 0 Å². The molecule has 68 valence electrons. The normalized spacial score (nSPS) is 30.4. The minimum atomic E-state index is 0.378. The number of hydrogen-bond acceptors (Lipinski definition) is 2. The summed E-state index contributed by atoms with van der Waals surface area (Å²) in [5.74, 6) is 0.761. The third kappa shape index (κ3) is 1.76. The third-order valence-corrected chi connectivity index (χ3v) is 3.06. The summed E-state index contributed by atoms with van der Waals surface area (Å²) in [6.45, 7) is 1.84. The molecule has 2 aliphatic rings. The lowest BCUT2D eigenvalue weighted by molar-refractivity contribution is -0.133. The highest BCUT2D eigenvalue weighted by molar-refractivity contribution is 7.81. The zero-order valence-corrected chi connectivity index (χ0v) is 8.09. The van der Waals surface area contributed by atoms with Gasteiger partial charge in [0.25, 0.3) is 0 Å². The molecule has 2 nitrogen and oxygen atoms in total. The van der Waals surface area contributed by atoms with Crippen LogP contribution in [0.2, 0.25) is 0 Å². The molecule has 1 heterocycles. The lowest BCUT2D eigenvalue weighted by Crippen LogP contribution is -2.41. The van der Waals surface area contributed by atoms with Gasteiger partial charge in [0, 0.05) is 24.3 Å².